The van der Waals surface area contributed by atoms with E-state index in [4.69, 9.17) is 0 Å². The molecule has 0 unspecified atom stereocenters. The summed E-state index contributed by atoms with van der Waals surface area (Å²) in [7, 11) is 0. The van der Waals surface area contributed by atoms with Gasteiger partial charge in [-0.3, -0.25) is 0 Å². The lowest BCUT2D eigenvalue weighted by molar-refractivity contribution is 0.949. The minimum atomic E-state index is 0.724. The number of aryl methyl sites for hydroxylation is 1. The molecule has 2 heterocycles. The highest BCUT2D eigenvalue weighted by Gasteiger charge is 2.12. The molecule has 26 heavy (non-hydrogen) atoms. The Morgan fingerprint density at radius 3 is 1.96 bits per heavy atom. The lowest BCUT2D eigenvalue weighted by Gasteiger charge is -2.18. The summed E-state index contributed by atoms with van der Waals surface area (Å²) in [5.74, 6) is 2.28. The second-order valence-corrected chi connectivity index (χ2v) is 6.54. The number of nitrogens with zero attached hydrogens (tertiary/aromatic N) is 3. The third-order valence-electron chi connectivity index (χ3n) is 4.50. The summed E-state index contributed by atoms with van der Waals surface area (Å²) in [4.78, 5) is 11.4. The van der Waals surface area contributed by atoms with Crippen LogP contribution in [-0.4, -0.2) is 23.1 Å². The number of aromatic nitrogens is 2. The van der Waals surface area contributed by atoms with E-state index in [1.165, 1.54) is 18.5 Å². The van der Waals surface area contributed by atoms with Gasteiger partial charge >= 0.3 is 0 Å². The lowest BCUT2D eigenvalue weighted by Crippen LogP contribution is -2.17. The van der Waals surface area contributed by atoms with Gasteiger partial charge in [-0.15, -0.1) is 0 Å². The summed E-state index contributed by atoms with van der Waals surface area (Å²) in [5.41, 5.74) is 3.32. The first-order valence-electron chi connectivity index (χ1n) is 9.06. The smallest absolute Gasteiger partial charge is 0.136 e. The molecule has 0 radical (unpaired) electrons. The molecule has 1 aliphatic heterocycles. The van der Waals surface area contributed by atoms with Gasteiger partial charge in [0.15, 0.2) is 0 Å². The van der Waals surface area contributed by atoms with E-state index >= 15 is 0 Å². The Kier molecular flexibility index (Phi) is 4.69. The second kappa shape index (κ2) is 7.44. The second-order valence-electron chi connectivity index (χ2n) is 6.54. The number of hydrogen-bond donors (Lipinski definition) is 2. The Morgan fingerprint density at radius 2 is 1.35 bits per heavy atom. The van der Waals surface area contributed by atoms with E-state index in [0.29, 0.717) is 0 Å². The average molecular weight is 345 g/mol. The van der Waals surface area contributed by atoms with E-state index in [0.717, 1.165) is 41.9 Å². The zero-order valence-electron chi connectivity index (χ0n) is 14.9. The molecule has 5 heteroatoms. The molecule has 132 valence electrons. The SMILES string of the molecule is Cc1nc(Nc2ccccc2)cc(Nc2ccc(N3CCCC3)cc2)n1. The molecule has 0 bridgehead atoms. The van der Waals surface area contributed by atoms with Gasteiger partial charge in [-0.25, -0.2) is 9.97 Å². The van der Waals surface area contributed by atoms with Gasteiger partial charge in [0.05, 0.1) is 0 Å². The van der Waals surface area contributed by atoms with Gasteiger partial charge < -0.3 is 15.5 Å². The Bertz CT molecular complexity index is 855. The maximum Gasteiger partial charge on any atom is 0.136 e. The molecule has 5 nitrogen and oxygen atoms in total. The summed E-state index contributed by atoms with van der Waals surface area (Å²) in [6, 6.07) is 20.5. The molecule has 0 atom stereocenters. The van der Waals surface area contributed by atoms with Crippen molar-refractivity contribution in [2.24, 2.45) is 0 Å². The van der Waals surface area contributed by atoms with Crippen molar-refractivity contribution in [1.82, 2.24) is 9.97 Å². The van der Waals surface area contributed by atoms with Crippen molar-refractivity contribution in [3.05, 3.63) is 66.5 Å². The number of hydrogen-bond acceptors (Lipinski definition) is 5. The van der Waals surface area contributed by atoms with E-state index in [-0.39, 0.29) is 0 Å². The summed E-state index contributed by atoms with van der Waals surface area (Å²) in [6.45, 7) is 4.22. The molecule has 1 aromatic heterocycles. The molecule has 1 aliphatic rings. The molecule has 1 fully saturated rings. The summed E-state index contributed by atoms with van der Waals surface area (Å²) < 4.78 is 0. The van der Waals surface area contributed by atoms with Crippen LogP contribution in [0.5, 0.6) is 0 Å². The number of rotatable bonds is 5. The monoisotopic (exact) mass is 345 g/mol. The fourth-order valence-electron chi connectivity index (χ4n) is 3.24. The average Bonchev–Trinajstić information content (AvgIpc) is 3.17. The van der Waals surface area contributed by atoms with Crippen molar-refractivity contribution in [2.45, 2.75) is 19.8 Å². The first kappa shape index (κ1) is 16.4. The van der Waals surface area contributed by atoms with Crippen LogP contribution in [0.2, 0.25) is 0 Å². The minimum Gasteiger partial charge on any atom is -0.372 e. The Hall–Kier alpha value is -3.08. The first-order valence-corrected chi connectivity index (χ1v) is 9.06. The minimum absolute atomic E-state index is 0.724. The molecule has 0 amide bonds. The van der Waals surface area contributed by atoms with Crippen molar-refractivity contribution in [3.8, 4) is 0 Å². The zero-order valence-corrected chi connectivity index (χ0v) is 14.9. The fraction of sp³-hybridized carbons (Fsp3) is 0.238. The molecule has 2 aromatic carbocycles. The Morgan fingerprint density at radius 1 is 0.769 bits per heavy atom. The lowest BCUT2D eigenvalue weighted by atomic mass is 10.2. The summed E-state index contributed by atoms with van der Waals surface area (Å²) in [6.07, 6.45) is 2.58. The first-order chi connectivity index (χ1) is 12.8. The topological polar surface area (TPSA) is 53.1 Å². The van der Waals surface area contributed by atoms with Gasteiger partial charge in [0.2, 0.25) is 0 Å². The van der Waals surface area contributed by atoms with E-state index < -0.39 is 0 Å². The predicted octanol–water partition coefficient (Wildman–Crippen LogP) is 4.87. The molecule has 2 N–H and O–H groups in total. The molecular formula is C21H23N5. The highest BCUT2D eigenvalue weighted by atomic mass is 15.1. The highest BCUT2D eigenvalue weighted by molar-refractivity contribution is 5.65. The predicted molar refractivity (Wildman–Crippen MR) is 108 cm³/mol. The van der Waals surface area contributed by atoms with E-state index in [1.807, 2.05) is 43.3 Å². The Balaban J connectivity index is 1.49. The standard InChI is InChI=1S/C21H23N5/c1-16-22-20(24-17-7-3-2-4-8-17)15-21(23-16)25-18-9-11-19(12-10-18)26-13-5-6-14-26/h2-4,7-12,15H,5-6,13-14H2,1H3,(H2,22,23,24,25). The van der Waals surface area contributed by atoms with Crippen molar-refractivity contribution in [1.29, 1.82) is 0 Å². The molecule has 0 spiro atoms. The van der Waals surface area contributed by atoms with Gasteiger partial charge in [0.25, 0.3) is 0 Å². The van der Waals surface area contributed by atoms with Gasteiger partial charge in [0, 0.05) is 36.2 Å². The quantitative estimate of drug-likeness (QED) is 0.691. The van der Waals surface area contributed by atoms with Crippen LogP contribution in [0.15, 0.2) is 60.7 Å². The number of anilines is 5. The third-order valence-corrected chi connectivity index (χ3v) is 4.50. The number of para-hydroxylation sites is 1. The number of nitrogens with one attached hydrogen (secondary N) is 2. The molecule has 0 aliphatic carbocycles. The van der Waals surface area contributed by atoms with E-state index in [9.17, 15) is 0 Å². The van der Waals surface area contributed by atoms with Crippen LogP contribution in [-0.2, 0) is 0 Å². The van der Waals surface area contributed by atoms with E-state index in [2.05, 4.69) is 49.8 Å². The van der Waals surface area contributed by atoms with Gasteiger partial charge in [-0.1, -0.05) is 18.2 Å². The summed E-state index contributed by atoms with van der Waals surface area (Å²) in [5, 5.41) is 6.70. The largest absolute Gasteiger partial charge is 0.372 e. The third kappa shape index (κ3) is 3.94. The van der Waals surface area contributed by atoms with Crippen LogP contribution in [0, 0.1) is 6.92 Å². The van der Waals surface area contributed by atoms with Crippen LogP contribution in [0.3, 0.4) is 0 Å². The Labute approximate surface area is 154 Å². The zero-order chi connectivity index (χ0) is 17.8. The van der Waals surface area contributed by atoms with Gasteiger partial charge in [-0.05, 0) is 56.2 Å². The molecule has 3 aromatic rings. The summed E-state index contributed by atoms with van der Waals surface area (Å²) >= 11 is 0. The molecular weight excluding hydrogens is 322 g/mol. The molecule has 1 saturated heterocycles. The normalized spacial score (nSPS) is 13.7. The van der Waals surface area contributed by atoms with E-state index in [1.54, 1.807) is 0 Å². The van der Waals surface area contributed by atoms with Crippen LogP contribution in [0.25, 0.3) is 0 Å². The van der Waals surface area contributed by atoms with Crippen molar-refractivity contribution in [3.63, 3.8) is 0 Å². The van der Waals surface area contributed by atoms with Crippen molar-refractivity contribution >= 4 is 28.7 Å². The van der Waals surface area contributed by atoms with Crippen LogP contribution < -0.4 is 15.5 Å². The van der Waals surface area contributed by atoms with Crippen molar-refractivity contribution in [2.75, 3.05) is 28.6 Å². The van der Waals surface area contributed by atoms with Gasteiger partial charge in [-0.2, -0.15) is 0 Å². The fourth-order valence-corrected chi connectivity index (χ4v) is 3.24. The maximum absolute atomic E-state index is 4.50. The van der Waals surface area contributed by atoms with Gasteiger partial charge in [0.1, 0.15) is 17.5 Å². The van der Waals surface area contributed by atoms with Crippen molar-refractivity contribution < 1.29 is 0 Å². The molecule has 0 saturated carbocycles. The molecule has 4 rings (SSSR count). The number of benzene rings is 2. The maximum atomic E-state index is 4.50. The van der Waals surface area contributed by atoms with Crippen LogP contribution >= 0.6 is 0 Å². The highest BCUT2D eigenvalue weighted by Crippen LogP contribution is 2.24. The van der Waals surface area contributed by atoms with Crippen LogP contribution in [0.4, 0.5) is 28.7 Å². The van der Waals surface area contributed by atoms with Crippen LogP contribution in [0.1, 0.15) is 18.7 Å².